The molecule has 0 aromatic heterocycles. The maximum absolute atomic E-state index is 6.45. The second kappa shape index (κ2) is 6.08. The molecular formula is C17H18BrNO2. The number of hydrogen-bond acceptors (Lipinski definition) is 3. The topological polar surface area (TPSA) is 44.5 Å². The molecule has 1 aliphatic rings. The van der Waals surface area contributed by atoms with E-state index >= 15 is 0 Å². The maximum Gasteiger partial charge on any atom is 0.124 e. The maximum atomic E-state index is 6.45. The van der Waals surface area contributed by atoms with Gasteiger partial charge in [0.05, 0.1) is 12.6 Å². The van der Waals surface area contributed by atoms with E-state index in [2.05, 4.69) is 22.0 Å². The van der Waals surface area contributed by atoms with Crippen LogP contribution in [0.2, 0.25) is 0 Å². The lowest BCUT2D eigenvalue weighted by Crippen LogP contribution is -2.30. The van der Waals surface area contributed by atoms with Crippen LogP contribution in [0.5, 0.6) is 11.5 Å². The van der Waals surface area contributed by atoms with Crippen molar-refractivity contribution in [2.24, 2.45) is 5.73 Å². The number of para-hydroxylation sites is 1. The van der Waals surface area contributed by atoms with Crippen LogP contribution in [0.4, 0.5) is 0 Å². The Morgan fingerprint density at radius 2 is 2.14 bits per heavy atom. The van der Waals surface area contributed by atoms with Gasteiger partial charge in [-0.2, -0.15) is 0 Å². The Balaban J connectivity index is 1.86. The van der Waals surface area contributed by atoms with E-state index in [9.17, 15) is 0 Å². The summed E-state index contributed by atoms with van der Waals surface area (Å²) >= 11 is 3.50. The van der Waals surface area contributed by atoms with Crippen LogP contribution in [-0.4, -0.2) is 12.7 Å². The highest BCUT2D eigenvalue weighted by Gasteiger charge is 2.30. The summed E-state index contributed by atoms with van der Waals surface area (Å²) in [6.07, 6.45) is 0.769. The van der Waals surface area contributed by atoms with Gasteiger partial charge in [-0.3, -0.25) is 0 Å². The molecule has 1 heterocycles. The minimum absolute atomic E-state index is 0.0593. The van der Waals surface area contributed by atoms with Crippen LogP contribution in [0, 0.1) is 0 Å². The first-order chi connectivity index (χ1) is 10.2. The summed E-state index contributed by atoms with van der Waals surface area (Å²) < 4.78 is 12.7. The van der Waals surface area contributed by atoms with E-state index in [1.54, 1.807) is 0 Å². The fraction of sp³-hybridized carbons (Fsp3) is 0.294. The van der Waals surface area contributed by atoms with E-state index in [0.717, 1.165) is 28.0 Å². The van der Waals surface area contributed by atoms with E-state index < -0.39 is 0 Å². The molecule has 0 saturated carbocycles. The van der Waals surface area contributed by atoms with E-state index in [1.165, 1.54) is 5.56 Å². The van der Waals surface area contributed by atoms with Crippen LogP contribution < -0.4 is 15.2 Å². The molecule has 2 aromatic rings. The van der Waals surface area contributed by atoms with Crippen LogP contribution in [-0.2, 0) is 6.42 Å². The highest BCUT2D eigenvalue weighted by molar-refractivity contribution is 9.10. The highest BCUT2D eigenvalue weighted by atomic mass is 79.9. The SMILES string of the molecule is CCOc1ccc(Br)cc1C(N)C1Cc2ccccc2O1. The molecule has 21 heavy (non-hydrogen) atoms. The molecule has 0 spiro atoms. The minimum atomic E-state index is -0.226. The predicted octanol–water partition coefficient (Wildman–Crippen LogP) is 3.85. The molecular weight excluding hydrogens is 330 g/mol. The van der Waals surface area contributed by atoms with Gasteiger partial charge in [0.15, 0.2) is 0 Å². The zero-order valence-electron chi connectivity index (χ0n) is 11.9. The van der Waals surface area contributed by atoms with Crippen molar-refractivity contribution in [3.8, 4) is 11.5 Å². The van der Waals surface area contributed by atoms with Crippen LogP contribution >= 0.6 is 15.9 Å². The summed E-state index contributed by atoms with van der Waals surface area (Å²) in [6.45, 7) is 2.59. The molecule has 3 nitrogen and oxygen atoms in total. The number of ether oxygens (including phenoxy) is 2. The van der Waals surface area contributed by atoms with Crippen LogP contribution in [0.3, 0.4) is 0 Å². The molecule has 0 bridgehead atoms. The smallest absolute Gasteiger partial charge is 0.124 e. The Kier molecular flexibility index (Phi) is 4.17. The van der Waals surface area contributed by atoms with Crippen molar-refractivity contribution in [3.05, 3.63) is 58.1 Å². The molecule has 2 aromatic carbocycles. The summed E-state index contributed by atoms with van der Waals surface area (Å²) in [5, 5.41) is 0. The highest BCUT2D eigenvalue weighted by Crippen LogP contribution is 2.36. The van der Waals surface area contributed by atoms with E-state index in [4.69, 9.17) is 15.2 Å². The standard InChI is InChI=1S/C17H18BrNO2/c1-2-20-15-8-7-12(18)10-13(15)17(19)16-9-11-5-3-4-6-14(11)21-16/h3-8,10,16-17H,2,9,19H2,1H3. The molecule has 110 valence electrons. The molecule has 1 aliphatic heterocycles. The Hall–Kier alpha value is -1.52. The summed E-state index contributed by atoms with van der Waals surface area (Å²) in [5.41, 5.74) is 8.64. The molecule has 2 N–H and O–H groups in total. The number of nitrogens with two attached hydrogens (primary N) is 1. The van der Waals surface area contributed by atoms with Crippen molar-refractivity contribution < 1.29 is 9.47 Å². The van der Waals surface area contributed by atoms with Gasteiger partial charge in [-0.1, -0.05) is 34.1 Å². The molecule has 2 unspecified atom stereocenters. The molecule has 0 amide bonds. The lowest BCUT2D eigenvalue weighted by Gasteiger charge is -2.22. The van der Waals surface area contributed by atoms with Gasteiger partial charge in [-0.05, 0) is 36.8 Å². The van der Waals surface area contributed by atoms with Crippen molar-refractivity contribution in [1.29, 1.82) is 0 Å². The molecule has 0 aliphatic carbocycles. The first-order valence-corrected chi connectivity index (χ1v) is 7.90. The first kappa shape index (κ1) is 14.4. The number of rotatable bonds is 4. The average Bonchev–Trinajstić information content (AvgIpc) is 2.92. The minimum Gasteiger partial charge on any atom is -0.494 e. The predicted molar refractivity (Wildman–Crippen MR) is 86.8 cm³/mol. The van der Waals surface area contributed by atoms with Crippen molar-refractivity contribution in [3.63, 3.8) is 0 Å². The van der Waals surface area contributed by atoms with E-state index in [1.807, 2.05) is 43.3 Å². The van der Waals surface area contributed by atoms with Crippen molar-refractivity contribution in [2.45, 2.75) is 25.5 Å². The van der Waals surface area contributed by atoms with Gasteiger partial charge in [0, 0.05) is 16.5 Å². The van der Waals surface area contributed by atoms with Crippen molar-refractivity contribution in [1.82, 2.24) is 0 Å². The lowest BCUT2D eigenvalue weighted by molar-refractivity contribution is 0.196. The van der Waals surface area contributed by atoms with Gasteiger partial charge in [0.2, 0.25) is 0 Å². The van der Waals surface area contributed by atoms with Gasteiger partial charge in [-0.15, -0.1) is 0 Å². The monoisotopic (exact) mass is 347 g/mol. The summed E-state index contributed by atoms with van der Waals surface area (Å²) in [7, 11) is 0. The van der Waals surface area contributed by atoms with Gasteiger partial charge >= 0.3 is 0 Å². The molecule has 0 radical (unpaired) electrons. The molecule has 3 rings (SSSR count). The van der Waals surface area contributed by atoms with Crippen molar-refractivity contribution in [2.75, 3.05) is 6.61 Å². The third-order valence-electron chi connectivity index (χ3n) is 3.70. The fourth-order valence-corrected chi connectivity index (χ4v) is 3.06. The first-order valence-electron chi connectivity index (χ1n) is 7.11. The van der Waals surface area contributed by atoms with Crippen LogP contribution in [0.15, 0.2) is 46.9 Å². The van der Waals surface area contributed by atoms with Crippen molar-refractivity contribution >= 4 is 15.9 Å². The van der Waals surface area contributed by atoms with Gasteiger partial charge < -0.3 is 15.2 Å². The Morgan fingerprint density at radius 3 is 2.90 bits per heavy atom. The second-order valence-corrected chi connectivity index (χ2v) is 6.02. The zero-order chi connectivity index (χ0) is 14.8. The summed E-state index contributed by atoms with van der Waals surface area (Å²) in [6, 6.07) is 13.8. The Labute approximate surface area is 133 Å². The normalized spacial score (nSPS) is 18.0. The third kappa shape index (κ3) is 2.92. The van der Waals surface area contributed by atoms with Crippen LogP contribution in [0.1, 0.15) is 24.1 Å². The molecule has 4 heteroatoms. The largest absolute Gasteiger partial charge is 0.494 e. The quantitative estimate of drug-likeness (QED) is 0.913. The number of benzene rings is 2. The summed E-state index contributed by atoms with van der Waals surface area (Å²) in [5.74, 6) is 1.76. The number of halogens is 1. The fourth-order valence-electron chi connectivity index (χ4n) is 2.68. The second-order valence-electron chi connectivity index (χ2n) is 5.11. The number of hydrogen-bond donors (Lipinski definition) is 1. The van der Waals surface area contributed by atoms with E-state index in [0.29, 0.717) is 6.61 Å². The van der Waals surface area contributed by atoms with Crippen LogP contribution in [0.25, 0.3) is 0 Å². The van der Waals surface area contributed by atoms with Gasteiger partial charge in [0.1, 0.15) is 17.6 Å². The number of fused-ring (bicyclic) bond motifs is 1. The van der Waals surface area contributed by atoms with Gasteiger partial charge in [-0.25, -0.2) is 0 Å². The lowest BCUT2D eigenvalue weighted by atomic mass is 9.98. The third-order valence-corrected chi connectivity index (χ3v) is 4.20. The Morgan fingerprint density at radius 1 is 1.33 bits per heavy atom. The zero-order valence-corrected chi connectivity index (χ0v) is 13.5. The molecule has 2 atom stereocenters. The summed E-state index contributed by atoms with van der Waals surface area (Å²) in [4.78, 5) is 0. The average molecular weight is 348 g/mol. The Bertz CT molecular complexity index is 619. The molecule has 0 fully saturated rings. The molecule has 0 saturated heterocycles. The van der Waals surface area contributed by atoms with Gasteiger partial charge in [0.25, 0.3) is 0 Å². The van der Waals surface area contributed by atoms with E-state index in [-0.39, 0.29) is 12.1 Å².